The molecule has 0 unspecified atom stereocenters. The molecule has 0 radical (unpaired) electrons. The van der Waals surface area contributed by atoms with Crippen LogP contribution in [0.15, 0.2) is 28.7 Å². The van der Waals surface area contributed by atoms with Gasteiger partial charge < -0.3 is 14.9 Å². The molecular weight excluding hydrogens is 258 g/mol. The van der Waals surface area contributed by atoms with E-state index in [2.05, 4.69) is 10.2 Å². The van der Waals surface area contributed by atoms with Gasteiger partial charge in [0.05, 0.1) is 13.2 Å². The van der Waals surface area contributed by atoms with E-state index < -0.39 is 6.04 Å². The lowest BCUT2D eigenvalue weighted by molar-refractivity contribution is 0.0923. The number of Topliss-reactive ketones (excluding diaryl/α,β-unsaturated/α-hetero) is 1. The van der Waals surface area contributed by atoms with Crippen LogP contribution in [0.1, 0.15) is 30.5 Å². The van der Waals surface area contributed by atoms with E-state index in [1.165, 1.54) is 0 Å². The zero-order chi connectivity index (χ0) is 14.5. The monoisotopic (exact) mass is 275 g/mol. The molecule has 1 aromatic carbocycles. The number of nitrogens with zero attached hydrogens (tertiary/aromatic N) is 2. The molecule has 0 fully saturated rings. The van der Waals surface area contributed by atoms with Crippen molar-refractivity contribution in [1.82, 2.24) is 10.2 Å². The van der Waals surface area contributed by atoms with Crippen LogP contribution in [-0.4, -0.2) is 29.1 Å². The van der Waals surface area contributed by atoms with Crippen molar-refractivity contribution in [3.8, 4) is 17.2 Å². The second-order valence-corrected chi connectivity index (χ2v) is 4.40. The molecule has 6 nitrogen and oxygen atoms in total. The smallest absolute Gasteiger partial charge is 0.285 e. The third-order valence-corrected chi connectivity index (χ3v) is 2.91. The molecule has 1 heterocycles. The van der Waals surface area contributed by atoms with Gasteiger partial charge in [0.25, 0.3) is 5.89 Å². The van der Waals surface area contributed by atoms with Gasteiger partial charge in [-0.25, -0.2) is 0 Å². The van der Waals surface area contributed by atoms with Crippen LogP contribution in [0.5, 0.6) is 5.75 Å². The van der Waals surface area contributed by atoms with Crippen molar-refractivity contribution in [2.24, 2.45) is 5.73 Å². The summed E-state index contributed by atoms with van der Waals surface area (Å²) in [5.74, 6) is 0.658. The summed E-state index contributed by atoms with van der Waals surface area (Å²) >= 11 is 0. The average molecular weight is 275 g/mol. The van der Waals surface area contributed by atoms with Gasteiger partial charge in [0.1, 0.15) is 5.75 Å². The maximum Gasteiger partial charge on any atom is 0.285 e. The molecule has 2 rings (SSSR count). The normalized spacial score (nSPS) is 12.2. The zero-order valence-corrected chi connectivity index (χ0v) is 11.5. The fourth-order valence-corrected chi connectivity index (χ4v) is 1.77. The molecule has 0 saturated heterocycles. The number of carbonyl (C=O) groups excluding carboxylic acids is 1. The van der Waals surface area contributed by atoms with Crippen LogP contribution >= 0.6 is 0 Å². The Hall–Kier alpha value is -2.21. The first-order chi connectivity index (χ1) is 9.65. The second kappa shape index (κ2) is 6.29. The number of hydrogen-bond donors (Lipinski definition) is 1. The summed E-state index contributed by atoms with van der Waals surface area (Å²) in [5.41, 5.74) is 6.48. The molecule has 20 heavy (non-hydrogen) atoms. The summed E-state index contributed by atoms with van der Waals surface area (Å²) in [7, 11) is 1.59. The number of methoxy groups -OCH3 is 1. The topological polar surface area (TPSA) is 91.2 Å². The predicted molar refractivity (Wildman–Crippen MR) is 73.5 cm³/mol. The van der Waals surface area contributed by atoms with Crippen molar-refractivity contribution in [1.29, 1.82) is 0 Å². The third-order valence-electron chi connectivity index (χ3n) is 2.91. The van der Waals surface area contributed by atoms with Gasteiger partial charge >= 0.3 is 0 Å². The highest BCUT2D eigenvalue weighted by Gasteiger charge is 2.21. The van der Waals surface area contributed by atoms with Crippen molar-refractivity contribution in [3.63, 3.8) is 0 Å². The predicted octanol–water partition coefficient (Wildman–Crippen LogP) is 2.06. The third kappa shape index (κ3) is 3.03. The number of hydrogen-bond acceptors (Lipinski definition) is 6. The van der Waals surface area contributed by atoms with Gasteiger partial charge in [0.15, 0.2) is 0 Å². The van der Waals surface area contributed by atoms with Gasteiger partial charge in [0, 0.05) is 5.56 Å². The number of rotatable bonds is 6. The molecular formula is C14H17N3O3. The molecule has 2 aromatic rings. The maximum atomic E-state index is 11.9. The van der Waals surface area contributed by atoms with E-state index in [4.69, 9.17) is 14.9 Å². The van der Waals surface area contributed by atoms with Crippen LogP contribution in [0.4, 0.5) is 0 Å². The van der Waals surface area contributed by atoms with Gasteiger partial charge in [0.2, 0.25) is 11.7 Å². The first-order valence-corrected chi connectivity index (χ1v) is 6.43. The van der Waals surface area contributed by atoms with Gasteiger partial charge in [-0.15, -0.1) is 10.2 Å². The fourth-order valence-electron chi connectivity index (χ4n) is 1.77. The Morgan fingerprint density at radius 3 is 2.65 bits per heavy atom. The number of nitrogens with two attached hydrogens (primary N) is 1. The maximum absolute atomic E-state index is 11.9. The Morgan fingerprint density at radius 2 is 2.05 bits per heavy atom. The molecule has 0 saturated carbocycles. The second-order valence-electron chi connectivity index (χ2n) is 4.40. The number of ketones is 1. The van der Waals surface area contributed by atoms with Crippen LogP contribution in [0.2, 0.25) is 0 Å². The molecule has 0 bridgehead atoms. The summed E-state index contributed by atoms with van der Waals surface area (Å²) < 4.78 is 10.4. The molecule has 1 atom stereocenters. The van der Waals surface area contributed by atoms with Crippen LogP contribution < -0.4 is 10.5 Å². The van der Waals surface area contributed by atoms with Crippen molar-refractivity contribution in [3.05, 3.63) is 30.2 Å². The lowest BCUT2D eigenvalue weighted by Crippen LogP contribution is -2.30. The zero-order valence-electron chi connectivity index (χ0n) is 11.5. The van der Waals surface area contributed by atoms with E-state index in [0.29, 0.717) is 12.3 Å². The summed E-state index contributed by atoms with van der Waals surface area (Å²) in [6.07, 6.45) is 1.42. The quantitative estimate of drug-likeness (QED) is 0.811. The number of benzene rings is 1. The van der Waals surface area contributed by atoms with Crippen molar-refractivity contribution in [2.45, 2.75) is 25.8 Å². The molecule has 6 heteroatoms. The first kappa shape index (κ1) is 14.2. The Balaban J connectivity index is 2.17. The molecule has 0 aliphatic heterocycles. The lowest BCUT2D eigenvalue weighted by atomic mass is 10.1. The minimum absolute atomic E-state index is 0.0447. The number of aromatic nitrogens is 2. The largest absolute Gasteiger partial charge is 0.497 e. The van der Waals surface area contributed by atoms with E-state index in [0.717, 1.165) is 17.7 Å². The number of carbonyl (C=O) groups is 1. The Labute approximate surface area is 116 Å². The van der Waals surface area contributed by atoms with Gasteiger partial charge in [-0.2, -0.15) is 0 Å². The molecule has 0 spiro atoms. The van der Waals surface area contributed by atoms with Gasteiger partial charge in [-0.1, -0.05) is 13.3 Å². The van der Waals surface area contributed by atoms with Crippen molar-refractivity contribution < 1.29 is 13.9 Å². The summed E-state index contributed by atoms with van der Waals surface area (Å²) in [6, 6.07) is 6.54. The molecule has 0 aliphatic carbocycles. The molecule has 1 aromatic heterocycles. The highest BCUT2D eigenvalue weighted by atomic mass is 16.5. The van der Waals surface area contributed by atoms with E-state index in [9.17, 15) is 4.79 Å². The molecule has 0 aliphatic rings. The van der Waals surface area contributed by atoms with Gasteiger partial charge in [-0.05, 0) is 30.7 Å². The summed E-state index contributed by atoms with van der Waals surface area (Å²) in [6.45, 7) is 1.96. The van der Waals surface area contributed by atoms with Crippen molar-refractivity contribution in [2.75, 3.05) is 7.11 Å². The minimum atomic E-state index is -0.593. The van der Waals surface area contributed by atoms with E-state index >= 15 is 0 Å². The highest BCUT2D eigenvalue weighted by molar-refractivity contribution is 5.96. The molecule has 106 valence electrons. The number of ether oxygens (including phenoxy) is 1. The lowest BCUT2D eigenvalue weighted by Gasteiger charge is -2.04. The highest BCUT2D eigenvalue weighted by Crippen LogP contribution is 2.21. The van der Waals surface area contributed by atoms with E-state index in [1.54, 1.807) is 31.4 Å². The van der Waals surface area contributed by atoms with Crippen LogP contribution in [0, 0.1) is 0 Å². The Bertz CT molecular complexity index is 578. The molecule has 0 amide bonds. The Kier molecular flexibility index (Phi) is 4.47. The first-order valence-electron chi connectivity index (χ1n) is 6.43. The van der Waals surface area contributed by atoms with Crippen molar-refractivity contribution >= 4 is 5.78 Å². The van der Waals surface area contributed by atoms with Crippen LogP contribution in [0.3, 0.4) is 0 Å². The molecule has 2 N–H and O–H groups in total. The van der Waals surface area contributed by atoms with E-state index in [1.807, 2.05) is 6.92 Å². The average Bonchev–Trinajstić information content (AvgIpc) is 2.96. The fraction of sp³-hybridized carbons (Fsp3) is 0.357. The Morgan fingerprint density at radius 1 is 1.35 bits per heavy atom. The SMILES string of the molecule is CCC[C@H](N)C(=O)c1nnc(-c2ccc(OC)cc2)o1. The van der Waals surface area contributed by atoms with E-state index in [-0.39, 0.29) is 11.7 Å². The summed E-state index contributed by atoms with van der Waals surface area (Å²) in [4.78, 5) is 11.9. The standard InChI is InChI=1S/C14H17N3O3/c1-3-4-11(15)12(18)14-17-16-13(20-14)9-5-7-10(19-2)8-6-9/h5-8,11H,3-4,15H2,1-2H3/t11-/m0/s1. The minimum Gasteiger partial charge on any atom is -0.497 e. The van der Waals surface area contributed by atoms with Crippen LogP contribution in [-0.2, 0) is 0 Å². The summed E-state index contributed by atoms with van der Waals surface area (Å²) in [5, 5.41) is 7.63. The van der Waals surface area contributed by atoms with Crippen LogP contribution in [0.25, 0.3) is 11.5 Å². The van der Waals surface area contributed by atoms with Gasteiger partial charge in [-0.3, -0.25) is 4.79 Å².